The Morgan fingerprint density at radius 1 is 0.889 bits per heavy atom. The zero-order chi connectivity index (χ0) is 19.6. The van der Waals surface area contributed by atoms with Gasteiger partial charge in [-0.05, 0) is 45.2 Å². The van der Waals surface area contributed by atoms with Gasteiger partial charge < -0.3 is 10.0 Å². The fourth-order valence-corrected chi connectivity index (χ4v) is 4.04. The highest BCUT2D eigenvalue weighted by atomic mass is 16.3. The maximum absolute atomic E-state index is 10.3. The topological polar surface area (TPSA) is 36.4 Å². The van der Waals surface area contributed by atoms with Gasteiger partial charge >= 0.3 is 0 Å². The second kappa shape index (κ2) is 7.99. The normalized spacial score (nSPS) is 11.1. The lowest BCUT2D eigenvalue weighted by Gasteiger charge is -2.28. The summed E-state index contributed by atoms with van der Waals surface area (Å²) in [5, 5.41) is 12.7. The molecular weight excluding hydrogens is 332 g/mol. The van der Waals surface area contributed by atoms with Gasteiger partial charge in [-0.15, -0.1) is 0 Å². The average molecular weight is 363 g/mol. The molecule has 1 heterocycles. The predicted octanol–water partition coefficient (Wildman–Crippen LogP) is 6.16. The molecule has 0 aliphatic heterocycles. The van der Waals surface area contributed by atoms with Crippen molar-refractivity contribution in [2.24, 2.45) is 0 Å². The lowest BCUT2D eigenvalue weighted by Crippen LogP contribution is -2.26. The van der Waals surface area contributed by atoms with E-state index in [0.717, 1.165) is 59.4 Å². The first-order valence-electron chi connectivity index (χ1n) is 9.93. The molecule has 0 fully saturated rings. The molecule has 0 radical (unpaired) electrons. The molecule has 0 unspecified atom stereocenters. The van der Waals surface area contributed by atoms with Crippen LogP contribution in [-0.4, -0.2) is 23.2 Å². The van der Waals surface area contributed by atoms with Crippen molar-refractivity contribution in [1.82, 2.24) is 4.98 Å². The molecule has 0 aliphatic carbocycles. The van der Waals surface area contributed by atoms with Crippen LogP contribution in [0.5, 0.6) is 5.75 Å². The van der Waals surface area contributed by atoms with E-state index in [9.17, 15) is 5.11 Å². The number of aromatic hydroxyl groups is 1. The van der Waals surface area contributed by atoms with Gasteiger partial charge in [-0.1, -0.05) is 44.2 Å². The summed E-state index contributed by atoms with van der Waals surface area (Å²) in [6.07, 6.45) is 2.22. The van der Waals surface area contributed by atoms with Gasteiger partial charge in [0.2, 0.25) is 0 Å². The lowest BCUT2D eigenvalue weighted by atomic mass is 9.94. The van der Waals surface area contributed by atoms with Crippen molar-refractivity contribution >= 4 is 16.5 Å². The molecule has 0 bridgehead atoms. The minimum atomic E-state index is 0.321. The number of aryl methyl sites for hydroxylation is 2. The van der Waals surface area contributed by atoms with Crippen LogP contribution in [0.25, 0.3) is 22.0 Å². The van der Waals surface area contributed by atoms with Crippen molar-refractivity contribution in [1.29, 1.82) is 0 Å². The highest BCUT2D eigenvalue weighted by Crippen LogP contribution is 2.39. The molecular formula is C24H30N2O. The minimum absolute atomic E-state index is 0.321. The Hall–Kier alpha value is -2.55. The van der Waals surface area contributed by atoms with Gasteiger partial charge in [0.15, 0.2) is 0 Å². The summed E-state index contributed by atoms with van der Waals surface area (Å²) in [5.41, 5.74) is 6.32. The summed E-state index contributed by atoms with van der Waals surface area (Å²) in [5.74, 6) is 0.321. The zero-order valence-electron chi connectivity index (χ0n) is 17.1. The molecule has 0 saturated carbocycles. The van der Waals surface area contributed by atoms with Gasteiger partial charge in [-0.2, -0.15) is 0 Å². The summed E-state index contributed by atoms with van der Waals surface area (Å²) in [6.45, 7) is 12.7. The van der Waals surface area contributed by atoms with Crippen LogP contribution in [0.15, 0.2) is 36.4 Å². The molecule has 0 aliphatic rings. The largest absolute Gasteiger partial charge is 0.508 e. The summed E-state index contributed by atoms with van der Waals surface area (Å²) >= 11 is 0. The van der Waals surface area contributed by atoms with E-state index in [4.69, 9.17) is 4.98 Å². The minimum Gasteiger partial charge on any atom is -0.508 e. The van der Waals surface area contributed by atoms with E-state index in [0.29, 0.717) is 5.75 Å². The summed E-state index contributed by atoms with van der Waals surface area (Å²) < 4.78 is 0. The Kier molecular flexibility index (Phi) is 5.69. The van der Waals surface area contributed by atoms with Crippen LogP contribution in [0, 0.1) is 20.8 Å². The number of phenols is 1. The number of rotatable bonds is 6. The Morgan fingerprint density at radius 2 is 1.52 bits per heavy atom. The number of benzene rings is 2. The number of aromatic nitrogens is 1. The molecule has 2 aromatic carbocycles. The first-order valence-corrected chi connectivity index (χ1v) is 9.93. The van der Waals surface area contributed by atoms with Crippen LogP contribution >= 0.6 is 0 Å². The lowest BCUT2D eigenvalue weighted by molar-refractivity contribution is 0.471. The number of hydrogen-bond acceptors (Lipinski definition) is 3. The molecule has 3 heteroatoms. The molecule has 0 atom stereocenters. The van der Waals surface area contributed by atoms with E-state index in [1.54, 1.807) is 6.07 Å². The SMILES string of the molecule is CCCN(CCC)c1c(C)nc(-c2c(C)ccc(O)c2C)c2ccccc12. The Morgan fingerprint density at radius 3 is 2.15 bits per heavy atom. The Labute approximate surface area is 162 Å². The second-order valence-electron chi connectivity index (χ2n) is 7.33. The fraction of sp³-hybridized carbons (Fsp3) is 0.375. The average Bonchev–Trinajstić information content (AvgIpc) is 2.65. The van der Waals surface area contributed by atoms with Crippen LogP contribution in [0.3, 0.4) is 0 Å². The molecule has 0 saturated heterocycles. The molecule has 0 spiro atoms. The smallest absolute Gasteiger partial charge is 0.119 e. The first-order chi connectivity index (χ1) is 13.0. The number of fused-ring (bicyclic) bond motifs is 1. The van der Waals surface area contributed by atoms with Crippen LogP contribution in [0.1, 0.15) is 43.5 Å². The summed E-state index contributed by atoms with van der Waals surface area (Å²) in [7, 11) is 0. The van der Waals surface area contributed by atoms with Crippen molar-refractivity contribution in [2.45, 2.75) is 47.5 Å². The molecule has 0 amide bonds. The third kappa shape index (κ3) is 3.51. The van der Waals surface area contributed by atoms with Crippen molar-refractivity contribution in [2.75, 3.05) is 18.0 Å². The van der Waals surface area contributed by atoms with E-state index < -0.39 is 0 Å². The molecule has 27 heavy (non-hydrogen) atoms. The number of pyridine rings is 1. The van der Waals surface area contributed by atoms with E-state index in [1.165, 1.54) is 11.1 Å². The maximum atomic E-state index is 10.3. The first kappa shape index (κ1) is 19.2. The van der Waals surface area contributed by atoms with Crippen molar-refractivity contribution < 1.29 is 5.11 Å². The third-order valence-corrected chi connectivity index (χ3v) is 5.24. The number of anilines is 1. The predicted molar refractivity (Wildman–Crippen MR) is 116 cm³/mol. The van der Waals surface area contributed by atoms with E-state index in [-0.39, 0.29) is 0 Å². The number of nitrogens with zero attached hydrogens (tertiary/aromatic N) is 2. The van der Waals surface area contributed by atoms with Crippen LogP contribution in [0.4, 0.5) is 5.69 Å². The summed E-state index contributed by atoms with van der Waals surface area (Å²) in [4.78, 5) is 7.54. The van der Waals surface area contributed by atoms with Crippen LogP contribution < -0.4 is 4.90 Å². The monoisotopic (exact) mass is 362 g/mol. The highest BCUT2D eigenvalue weighted by molar-refractivity contribution is 6.03. The van der Waals surface area contributed by atoms with Gasteiger partial charge in [-0.3, -0.25) is 4.98 Å². The van der Waals surface area contributed by atoms with Crippen molar-refractivity contribution in [3.8, 4) is 17.0 Å². The summed E-state index contributed by atoms with van der Waals surface area (Å²) in [6, 6.07) is 12.3. The molecule has 1 aromatic heterocycles. The number of phenolic OH excluding ortho intramolecular Hbond substituents is 1. The van der Waals surface area contributed by atoms with Crippen molar-refractivity contribution in [3.05, 3.63) is 53.2 Å². The van der Waals surface area contributed by atoms with Gasteiger partial charge in [-0.25, -0.2) is 0 Å². The maximum Gasteiger partial charge on any atom is 0.119 e. The van der Waals surface area contributed by atoms with Gasteiger partial charge in [0, 0.05) is 35.0 Å². The molecule has 3 aromatic rings. The molecule has 3 rings (SSSR count). The van der Waals surface area contributed by atoms with Gasteiger partial charge in [0.05, 0.1) is 17.1 Å². The quantitative estimate of drug-likeness (QED) is 0.570. The molecule has 1 N–H and O–H groups in total. The van der Waals surface area contributed by atoms with Gasteiger partial charge in [0.25, 0.3) is 0 Å². The zero-order valence-corrected chi connectivity index (χ0v) is 17.1. The highest BCUT2D eigenvalue weighted by Gasteiger charge is 2.19. The van der Waals surface area contributed by atoms with E-state index in [2.05, 4.69) is 56.9 Å². The standard InChI is InChI=1S/C24H30N2O/c1-6-14-26(15-7-2)24-18(5)25-23(19-10-8-9-11-20(19)24)22-16(3)12-13-21(27)17(22)4/h8-13,27H,6-7,14-15H2,1-5H3. The van der Waals surface area contributed by atoms with E-state index in [1.807, 2.05) is 13.0 Å². The Balaban J connectivity index is 2.34. The van der Waals surface area contributed by atoms with Gasteiger partial charge in [0.1, 0.15) is 5.75 Å². The number of hydrogen-bond donors (Lipinski definition) is 1. The molecule has 3 nitrogen and oxygen atoms in total. The van der Waals surface area contributed by atoms with Crippen LogP contribution in [-0.2, 0) is 0 Å². The third-order valence-electron chi connectivity index (χ3n) is 5.24. The molecule has 142 valence electrons. The van der Waals surface area contributed by atoms with E-state index >= 15 is 0 Å². The second-order valence-corrected chi connectivity index (χ2v) is 7.33. The van der Waals surface area contributed by atoms with Crippen molar-refractivity contribution in [3.63, 3.8) is 0 Å². The Bertz CT molecular complexity index is 956. The van der Waals surface area contributed by atoms with Crippen LogP contribution in [0.2, 0.25) is 0 Å². The fourth-order valence-electron chi connectivity index (χ4n) is 4.04.